The van der Waals surface area contributed by atoms with E-state index < -0.39 is 0 Å². The van der Waals surface area contributed by atoms with Gasteiger partial charge in [-0.25, -0.2) is 4.99 Å². The summed E-state index contributed by atoms with van der Waals surface area (Å²) in [5, 5.41) is 3.51. The van der Waals surface area contributed by atoms with Crippen molar-refractivity contribution < 1.29 is 0 Å². The normalized spacial score (nSPS) is 27.4. The maximum Gasteiger partial charge on any atom is 0.189 e. The number of aliphatic imine (C=N–C) groups is 1. The molecule has 0 amide bonds. The summed E-state index contributed by atoms with van der Waals surface area (Å²) in [4.78, 5) is 7.41. The second-order valence-corrected chi connectivity index (χ2v) is 8.32. The molecule has 3 fully saturated rings. The SMILES string of the molecule is NC(=NC1CCC12CCCC2)NC1CCN(Cc2ccccc2)CC1. The number of guanidine groups is 1. The van der Waals surface area contributed by atoms with Crippen LogP contribution in [0.3, 0.4) is 0 Å². The Morgan fingerprint density at radius 1 is 1.08 bits per heavy atom. The van der Waals surface area contributed by atoms with Crippen LogP contribution in [0.2, 0.25) is 0 Å². The Kier molecular flexibility index (Phi) is 4.98. The molecule has 1 atom stereocenters. The van der Waals surface area contributed by atoms with Gasteiger partial charge in [0.1, 0.15) is 0 Å². The van der Waals surface area contributed by atoms with Gasteiger partial charge >= 0.3 is 0 Å². The Hall–Kier alpha value is -1.55. The van der Waals surface area contributed by atoms with Gasteiger partial charge < -0.3 is 11.1 Å². The standard InChI is InChI=1S/C21H32N4/c22-20(24-19-8-13-21(19)11-4-5-12-21)23-18-9-14-25(15-10-18)16-17-6-2-1-3-7-17/h1-3,6-7,18-19H,4-5,8-16H2,(H3,22,23,24). The van der Waals surface area contributed by atoms with E-state index in [1.54, 1.807) is 0 Å². The summed E-state index contributed by atoms with van der Waals surface area (Å²) in [5.41, 5.74) is 8.17. The number of nitrogens with two attached hydrogens (primary N) is 1. The van der Waals surface area contributed by atoms with Crippen molar-refractivity contribution in [1.82, 2.24) is 10.2 Å². The average Bonchev–Trinajstić information content (AvgIpc) is 3.14. The van der Waals surface area contributed by atoms with Crippen LogP contribution in [0.4, 0.5) is 0 Å². The van der Waals surface area contributed by atoms with Crippen molar-refractivity contribution in [3.63, 3.8) is 0 Å². The Morgan fingerprint density at radius 3 is 2.44 bits per heavy atom. The van der Waals surface area contributed by atoms with Crippen LogP contribution in [0.1, 0.15) is 56.9 Å². The van der Waals surface area contributed by atoms with Gasteiger partial charge in [-0.2, -0.15) is 0 Å². The van der Waals surface area contributed by atoms with Crippen LogP contribution in [0.5, 0.6) is 0 Å². The number of hydrogen-bond donors (Lipinski definition) is 2. The summed E-state index contributed by atoms with van der Waals surface area (Å²) in [6, 6.07) is 11.7. The molecule has 1 unspecified atom stereocenters. The molecular formula is C21H32N4. The van der Waals surface area contributed by atoms with Crippen LogP contribution in [0.15, 0.2) is 35.3 Å². The maximum absolute atomic E-state index is 6.25. The molecule has 4 heteroatoms. The largest absolute Gasteiger partial charge is 0.370 e. The highest BCUT2D eigenvalue weighted by Gasteiger charge is 2.48. The molecule has 1 aromatic rings. The van der Waals surface area contributed by atoms with Crippen LogP contribution in [-0.2, 0) is 6.54 Å². The Bertz CT molecular complexity index is 583. The van der Waals surface area contributed by atoms with Crippen LogP contribution >= 0.6 is 0 Å². The molecule has 1 spiro atoms. The molecular weight excluding hydrogens is 308 g/mol. The fourth-order valence-electron chi connectivity index (χ4n) is 5.04. The van der Waals surface area contributed by atoms with E-state index in [9.17, 15) is 0 Å². The van der Waals surface area contributed by atoms with Crippen molar-refractivity contribution in [3.8, 4) is 0 Å². The van der Waals surface area contributed by atoms with Crippen LogP contribution in [-0.4, -0.2) is 36.0 Å². The highest BCUT2D eigenvalue weighted by Crippen LogP contribution is 2.54. The molecule has 1 heterocycles. The van der Waals surface area contributed by atoms with Crippen molar-refractivity contribution in [3.05, 3.63) is 35.9 Å². The van der Waals surface area contributed by atoms with Gasteiger partial charge in [0.2, 0.25) is 0 Å². The number of nitrogens with one attached hydrogen (secondary N) is 1. The minimum absolute atomic E-state index is 0.482. The zero-order valence-corrected chi connectivity index (χ0v) is 15.3. The summed E-state index contributed by atoms with van der Waals surface area (Å²) in [7, 11) is 0. The number of likely N-dealkylation sites (tertiary alicyclic amines) is 1. The molecule has 4 nitrogen and oxygen atoms in total. The smallest absolute Gasteiger partial charge is 0.189 e. The lowest BCUT2D eigenvalue weighted by Gasteiger charge is -2.45. The molecule has 0 aromatic heterocycles. The van der Waals surface area contributed by atoms with Gasteiger partial charge in [0.15, 0.2) is 5.96 Å². The third-order valence-corrected chi connectivity index (χ3v) is 6.71. The highest BCUT2D eigenvalue weighted by molar-refractivity contribution is 5.78. The molecule has 1 saturated heterocycles. The molecule has 136 valence electrons. The predicted octanol–water partition coefficient (Wildman–Crippen LogP) is 3.28. The van der Waals surface area contributed by atoms with Gasteiger partial charge in [-0.3, -0.25) is 4.90 Å². The summed E-state index contributed by atoms with van der Waals surface area (Å²) in [6.07, 6.45) is 10.4. The van der Waals surface area contributed by atoms with Gasteiger partial charge in [-0.15, -0.1) is 0 Å². The van der Waals surface area contributed by atoms with Crippen LogP contribution in [0, 0.1) is 5.41 Å². The Morgan fingerprint density at radius 2 is 1.80 bits per heavy atom. The Labute approximate surface area is 151 Å². The molecule has 3 N–H and O–H groups in total. The molecule has 2 saturated carbocycles. The minimum Gasteiger partial charge on any atom is -0.370 e. The molecule has 3 aliphatic rings. The minimum atomic E-state index is 0.482. The van der Waals surface area contributed by atoms with E-state index in [1.165, 1.54) is 44.1 Å². The van der Waals surface area contributed by atoms with E-state index in [2.05, 4.69) is 40.5 Å². The van der Waals surface area contributed by atoms with Crippen molar-refractivity contribution in [2.24, 2.45) is 16.1 Å². The first-order valence-corrected chi connectivity index (χ1v) is 10.1. The summed E-state index contributed by atoms with van der Waals surface area (Å²) < 4.78 is 0. The van der Waals surface area contributed by atoms with E-state index in [4.69, 9.17) is 10.7 Å². The lowest BCUT2D eigenvalue weighted by molar-refractivity contribution is 0.104. The van der Waals surface area contributed by atoms with Gasteiger partial charge in [-0.05, 0) is 49.5 Å². The van der Waals surface area contributed by atoms with Crippen molar-refractivity contribution in [1.29, 1.82) is 0 Å². The first-order chi connectivity index (χ1) is 12.2. The molecule has 0 bridgehead atoms. The number of piperidine rings is 1. The van der Waals surface area contributed by atoms with E-state index in [0.29, 0.717) is 23.5 Å². The molecule has 0 radical (unpaired) electrons. The van der Waals surface area contributed by atoms with E-state index in [1.807, 2.05) is 0 Å². The van der Waals surface area contributed by atoms with Crippen molar-refractivity contribution in [2.45, 2.75) is 70.0 Å². The second-order valence-electron chi connectivity index (χ2n) is 8.32. The first-order valence-electron chi connectivity index (χ1n) is 10.1. The number of hydrogen-bond acceptors (Lipinski definition) is 2. The lowest BCUT2D eigenvalue weighted by atomic mass is 9.63. The van der Waals surface area contributed by atoms with Gasteiger partial charge in [-0.1, -0.05) is 43.2 Å². The molecule has 4 rings (SSSR count). The third kappa shape index (κ3) is 3.84. The lowest BCUT2D eigenvalue weighted by Crippen LogP contribution is -2.49. The fourth-order valence-corrected chi connectivity index (χ4v) is 5.04. The van der Waals surface area contributed by atoms with E-state index in [0.717, 1.165) is 32.5 Å². The zero-order valence-electron chi connectivity index (χ0n) is 15.3. The Balaban J connectivity index is 1.24. The monoisotopic (exact) mass is 340 g/mol. The zero-order chi connectivity index (χ0) is 17.1. The van der Waals surface area contributed by atoms with E-state index in [-0.39, 0.29) is 0 Å². The number of nitrogens with zero attached hydrogens (tertiary/aromatic N) is 2. The van der Waals surface area contributed by atoms with E-state index >= 15 is 0 Å². The second kappa shape index (κ2) is 7.36. The average molecular weight is 341 g/mol. The quantitative estimate of drug-likeness (QED) is 0.653. The maximum atomic E-state index is 6.25. The van der Waals surface area contributed by atoms with Crippen molar-refractivity contribution >= 4 is 5.96 Å². The number of rotatable bonds is 4. The summed E-state index contributed by atoms with van der Waals surface area (Å²) >= 11 is 0. The van der Waals surface area contributed by atoms with Gasteiger partial charge in [0.25, 0.3) is 0 Å². The molecule has 1 aliphatic heterocycles. The molecule has 25 heavy (non-hydrogen) atoms. The van der Waals surface area contributed by atoms with Gasteiger partial charge in [0.05, 0.1) is 6.04 Å². The number of benzene rings is 1. The van der Waals surface area contributed by atoms with Crippen molar-refractivity contribution in [2.75, 3.05) is 13.1 Å². The highest BCUT2D eigenvalue weighted by atomic mass is 15.2. The predicted molar refractivity (Wildman–Crippen MR) is 103 cm³/mol. The topological polar surface area (TPSA) is 53.6 Å². The first kappa shape index (κ1) is 16.9. The fraction of sp³-hybridized carbons (Fsp3) is 0.667. The molecule has 2 aliphatic carbocycles. The summed E-state index contributed by atoms with van der Waals surface area (Å²) in [6.45, 7) is 3.32. The molecule has 1 aromatic carbocycles. The van der Waals surface area contributed by atoms with Crippen LogP contribution < -0.4 is 11.1 Å². The summed E-state index contributed by atoms with van der Waals surface area (Å²) in [5.74, 6) is 0.692. The van der Waals surface area contributed by atoms with Gasteiger partial charge in [0, 0.05) is 25.7 Å². The van der Waals surface area contributed by atoms with Crippen LogP contribution in [0.25, 0.3) is 0 Å². The third-order valence-electron chi connectivity index (χ3n) is 6.71.